The number of benzene rings is 1. The zero-order valence-electron chi connectivity index (χ0n) is 15.3. The number of carbonyl (C=O) groups is 1. The minimum absolute atomic E-state index is 0.0119. The van der Waals surface area contributed by atoms with E-state index in [-0.39, 0.29) is 17.6 Å². The molecule has 1 aromatic carbocycles. The van der Waals surface area contributed by atoms with Gasteiger partial charge in [-0.3, -0.25) is 4.79 Å². The van der Waals surface area contributed by atoms with Crippen molar-refractivity contribution in [1.82, 2.24) is 14.7 Å². The summed E-state index contributed by atoms with van der Waals surface area (Å²) >= 11 is 1.37. The first-order chi connectivity index (χ1) is 13.7. The number of aromatic nitrogens is 2. The van der Waals surface area contributed by atoms with Gasteiger partial charge in [-0.1, -0.05) is 12.1 Å². The van der Waals surface area contributed by atoms with Gasteiger partial charge in [0.25, 0.3) is 0 Å². The third kappa shape index (κ3) is 4.56. The standard InChI is InChI=1S/C20H21FN4O2S/c21-16-5-3-14(4-6-16)12-18-23-20(28-24-18)25-9-7-15(8-10-25)19(26)22-13-17-2-1-11-27-17/h1-6,11,15H,7-10,12-13H2,(H,22,26). The van der Waals surface area contributed by atoms with Gasteiger partial charge in [-0.2, -0.15) is 4.37 Å². The van der Waals surface area contributed by atoms with Crippen molar-refractivity contribution in [2.24, 2.45) is 5.92 Å². The van der Waals surface area contributed by atoms with Crippen molar-refractivity contribution in [2.75, 3.05) is 18.0 Å². The molecule has 0 radical (unpaired) electrons. The normalized spacial score (nSPS) is 15.0. The first kappa shape index (κ1) is 18.6. The van der Waals surface area contributed by atoms with Gasteiger partial charge in [-0.05, 0) is 42.7 Å². The summed E-state index contributed by atoms with van der Waals surface area (Å²) in [4.78, 5) is 19.1. The molecule has 0 saturated carbocycles. The van der Waals surface area contributed by atoms with Crippen LogP contribution < -0.4 is 10.2 Å². The van der Waals surface area contributed by atoms with Crippen LogP contribution in [0.3, 0.4) is 0 Å². The Morgan fingerprint density at radius 1 is 1.25 bits per heavy atom. The smallest absolute Gasteiger partial charge is 0.223 e. The molecule has 28 heavy (non-hydrogen) atoms. The summed E-state index contributed by atoms with van der Waals surface area (Å²) < 4.78 is 22.7. The highest BCUT2D eigenvalue weighted by molar-refractivity contribution is 7.09. The van der Waals surface area contributed by atoms with Crippen molar-refractivity contribution < 1.29 is 13.6 Å². The Morgan fingerprint density at radius 3 is 2.75 bits per heavy atom. The minimum Gasteiger partial charge on any atom is -0.467 e. The number of carbonyl (C=O) groups excluding carboxylic acids is 1. The molecule has 3 aromatic rings. The topological polar surface area (TPSA) is 71.3 Å². The Labute approximate surface area is 166 Å². The van der Waals surface area contributed by atoms with Gasteiger partial charge in [0.05, 0.1) is 12.8 Å². The number of halogens is 1. The number of nitrogens with one attached hydrogen (secondary N) is 1. The third-order valence-corrected chi connectivity index (χ3v) is 5.70. The van der Waals surface area contributed by atoms with Gasteiger partial charge in [-0.15, -0.1) is 0 Å². The number of anilines is 1. The van der Waals surface area contributed by atoms with E-state index in [4.69, 9.17) is 4.42 Å². The van der Waals surface area contributed by atoms with E-state index >= 15 is 0 Å². The molecule has 0 spiro atoms. The van der Waals surface area contributed by atoms with E-state index < -0.39 is 0 Å². The fraction of sp³-hybridized carbons (Fsp3) is 0.350. The summed E-state index contributed by atoms with van der Waals surface area (Å²) in [5, 5.41) is 3.82. The van der Waals surface area contributed by atoms with Crippen LogP contribution in [-0.2, 0) is 17.8 Å². The third-order valence-electron chi connectivity index (χ3n) is 4.89. The van der Waals surface area contributed by atoms with Gasteiger partial charge in [0.15, 0.2) is 0 Å². The number of amides is 1. The first-order valence-corrected chi connectivity index (χ1v) is 10.1. The summed E-state index contributed by atoms with van der Waals surface area (Å²) in [5.74, 6) is 1.34. The molecule has 3 heterocycles. The molecule has 0 unspecified atom stereocenters. The lowest BCUT2D eigenvalue weighted by molar-refractivity contribution is -0.125. The zero-order chi connectivity index (χ0) is 19.3. The molecule has 146 valence electrons. The monoisotopic (exact) mass is 400 g/mol. The van der Waals surface area contributed by atoms with E-state index in [1.807, 2.05) is 12.1 Å². The van der Waals surface area contributed by atoms with Crippen LogP contribution >= 0.6 is 11.5 Å². The summed E-state index contributed by atoms with van der Waals surface area (Å²) in [6, 6.07) is 10.1. The number of furan rings is 1. The number of rotatable bonds is 6. The van der Waals surface area contributed by atoms with Gasteiger partial charge in [0.1, 0.15) is 17.4 Å². The van der Waals surface area contributed by atoms with E-state index in [0.717, 1.165) is 48.2 Å². The second-order valence-electron chi connectivity index (χ2n) is 6.85. The first-order valence-electron chi connectivity index (χ1n) is 9.29. The second kappa shape index (κ2) is 8.52. The largest absolute Gasteiger partial charge is 0.467 e. The van der Waals surface area contributed by atoms with Crippen molar-refractivity contribution in [3.63, 3.8) is 0 Å². The summed E-state index contributed by atoms with van der Waals surface area (Å²) in [5.41, 5.74) is 0.984. The van der Waals surface area contributed by atoms with E-state index in [1.54, 1.807) is 18.4 Å². The summed E-state index contributed by atoms with van der Waals surface area (Å²) in [7, 11) is 0. The fourth-order valence-electron chi connectivity index (χ4n) is 3.29. The highest BCUT2D eigenvalue weighted by Crippen LogP contribution is 2.25. The minimum atomic E-state index is -0.244. The quantitative estimate of drug-likeness (QED) is 0.687. The van der Waals surface area contributed by atoms with Crippen LogP contribution in [0.2, 0.25) is 0 Å². The molecule has 0 aliphatic carbocycles. The van der Waals surface area contributed by atoms with Gasteiger partial charge in [0, 0.05) is 37.0 Å². The van der Waals surface area contributed by atoms with Crippen LogP contribution in [0.15, 0.2) is 47.1 Å². The van der Waals surface area contributed by atoms with Crippen LogP contribution in [0.5, 0.6) is 0 Å². The molecular weight excluding hydrogens is 379 g/mol. The van der Waals surface area contributed by atoms with Gasteiger partial charge < -0.3 is 14.6 Å². The number of piperidine rings is 1. The highest BCUT2D eigenvalue weighted by Gasteiger charge is 2.26. The van der Waals surface area contributed by atoms with Gasteiger partial charge >= 0.3 is 0 Å². The average Bonchev–Trinajstić information content (AvgIpc) is 3.40. The Balaban J connectivity index is 1.27. The molecule has 1 aliphatic heterocycles. The van der Waals surface area contributed by atoms with Crippen LogP contribution in [0.4, 0.5) is 9.52 Å². The van der Waals surface area contributed by atoms with E-state index in [9.17, 15) is 9.18 Å². The Kier molecular flexibility index (Phi) is 5.66. The molecule has 1 aliphatic rings. The highest BCUT2D eigenvalue weighted by atomic mass is 32.1. The van der Waals surface area contributed by atoms with E-state index in [0.29, 0.717) is 13.0 Å². The average molecular weight is 400 g/mol. The Hall–Kier alpha value is -2.74. The number of nitrogens with zero attached hydrogens (tertiary/aromatic N) is 3. The molecule has 0 atom stereocenters. The summed E-state index contributed by atoms with van der Waals surface area (Å²) in [6.07, 6.45) is 3.77. The van der Waals surface area contributed by atoms with Crippen molar-refractivity contribution in [3.05, 3.63) is 65.6 Å². The maximum atomic E-state index is 13.0. The van der Waals surface area contributed by atoms with E-state index in [2.05, 4.69) is 19.6 Å². The van der Waals surface area contributed by atoms with Gasteiger partial charge in [-0.25, -0.2) is 9.37 Å². The fourth-order valence-corrected chi connectivity index (χ4v) is 4.03. The molecule has 1 saturated heterocycles. The van der Waals surface area contributed by atoms with Crippen LogP contribution in [-0.4, -0.2) is 28.4 Å². The SMILES string of the molecule is O=C(NCc1ccco1)C1CCN(c2nc(Cc3ccc(F)cc3)ns2)CC1. The lowest BCUT2D eigenvalue weighted by atomic mass is 9.96. The molecule has 6 nitrogen and oxygen atoms in total. The molecule has 2 aromatic heterocycles. The van der Waals surface area contributed by atoms with Crippen molar-refractivity contribution in [1.29, 1.82) is 0 Å². The molecule has 1 N–H and O–H groups in total. The van der Waals surface area contributed by atoms with Gasteiger partial charge in [0.2, 0.25) is 11.0 Å². The second-order valence-corrected chi connectivity index (χ2v) is 7.59. The zero-order valence-corrected chi connectivity index (χ0v) is 16.1. The van der Waals surface area contributed by atoms with Crippen molar-refractivity contribution >= 4 is 22.6 Å². The molecule has 8 heteroatoms. The van der Waals surface area contributed by atoms with Crippen LogP contribution in [0.25, 0.3) is 0 Å². The Morgan fingerprint density at radius 2 is 2.04 bits per heavy atom. The lowest BCUT2D eigenvalue weighted by Gasteiger charge is -2.30. The van der Waals surface area contributed by atoms with Crippen molar-refractivity contribution in [3.8, 4) is 0 Å². The Bertz CT molecular complexity index is 903. The van der Waals surface area contributed by atoms with Crippen molar-refractivity contribution in [2.45, 2.75) is 25.8 Å². The maximum Gasteiger partial charge on any atom is 0.223 e. The van der Waals surface area contributed by atoms with Crippen LogP contribution in [0.1, 0.15) is 30.0 Å². The summed E-state index contributed by atoms with van der Waals surface area (Å²) in [6.45, 7) is 1.99. The molecule has 4 rings (SSSR count). The lowest BCUT2D eigenvalue weighted by Crippen LogP contribution is -2.40. The molecule has 1 fully saturated rings. The number of hydrogen-bond acceptors (Lipinski definition) is 6. The van der Waals surface area contributed by atoms with E-state index in [1.165, 1.54) is 23.7 Å². The molecule has 0 bridgehead atoms. The predicted molar refractivity (Wildman–Crippen MR) is 105 cm³/mol. The number of hydrogen-bond donors (Lipinski definition) is 1. The molecular formula is C20H21FN4O2S. The predicted octanol–water partition coefficient (Wildman–Crippen LogP) is 3.39. The maximum absolute atomic E-state index is 13.0. The molecule has 1 amide bonds. The van der Waals surface area contributed by atoms with Crippen LogP contribution in [0, 0.1) is 11.7 Å².